The molecule has 0 radical (unpaired) electrons. The van der Waals surface area contributed by atoms with Crippen molar-refractivity contribution in [2.75, 3.05) is 39.7 Å². The monoisotopic (exact) mass is 416 g/mol. The molecule has 150 valence electrons. The van der Waals surface area contributed by atoms with Crippen molar-refractivity contribution < 1.29 is 27.5 Å². The smallest absolute Gasteiger partial charge is 0.320 e. The molecule has 0 aromatic heterocycles. The minimum absolute atomic E-state index is 0.0728. The molecule has 1 heterocycles. The quantitative estimate of drug-likeness (QED) is 0.654. The Kier molecular flexibility index (Phi) is 7.66. The molecule has 1 aliphatic heterocycles. The second kappa shape index (κ2) is 9.54. The summed E-state index contributed by atoms with van der Waals surface area (Å²) in [5.41, 5.74) is 0.370. The van der Waals surface area contributed by atoms with Crippen LogP contribution >= 0.6 is 11.8 Å². The van der Waals surface area contributed by atoms with Crippen molar-refractivity contribution in [3.8, 4) is 0 Å². The third-order valence-corrected chi connectivity index (χ3v) is 6.77. The number of ether oxygens (including phenoxy) is 2. The van der Waals surface area contributed by atoms with Gasteiger partial charge in [-0.05, 0) is 31.2 Å². The Morgan fingerprint density at radius 1 is 1.30 bits per heavy atom. The standard InChI is InChI=1S/C17H24N2O6S2/c1-12(11-24-2)18-27(22,23)14-6-4-13(5-7-14)16(20)19-8-9-26-15(10-19)17(21)25-3/h4-7,12,15,18H,8-11H2,1-3H3/t12-,15+/m1/s1. The third-order valence-electron chi connectivity index (χ3n) is 4.00. The van der Waals surface area contributed by atoms with Crippen LogP contribution in [0, 0.1) is 0 Å². The molecule has 10 heteroatoms. The summed E-state index contributed by atoms with van der Waals surface area (Å²) in [5, 5.41) is -0.404. The highest BCUT2D eigenvalue weighted by atomic mass is 32.2. The van der Waals surface area contributed by atoms with Crippen molar-refractivity contribution in [3.05, 3.63) is 29.8 Å². The van der Waals surface area contributed by atoms with Crippen LogP contribution in [0.1, 0.15) is 17.3 Å². The Morgan fingerprint density at radius 3 is 2.56 bits per heavy atom. The molecule has 1 fully saturated rings. The van der Waals surface area contributed by atoms with E-state index in [-0.39, 0.29) is 36.0 Å². The molecule has 1 aromatic carbocycles. The zero-order valence-corrected chi connectivity index (χ0v) is 17.1. The number of esters is 1. The summed E-state index contributed by atoms with van der Waals surface area (Å²) in [6.07, 6.45) is 0. The second-order valence-corrected chi connectivity index (χ2v) is 9.16. The lowest BCUT2D eigenvalue weighted by molar-refractivity contribution is -0.140. The van der Waals surface area contributed by atoms with Crippen LogP contribution in [-0.4, -0.2) is 76.2 Å². The number of methoxy groups -OCH3 is 2. The van der Waals surface area contributed by atoms with Gasteiger partial charge in [0.15, 0.2) is 0 Å². The van der Waals surface area contributed by atoms with Crippen molar-refractivity contribution in [1.29, 1.82) is 0 Å². The number of nitrogens with zero attached hydrogens (tertiary/aromatic N) is 1. The molecule has 8 nitrogen and oxygen atoms in total. The highest BCUT2D eigenvalue weighted by Gasteiger charge is 2.30. The lowest BCUT2D eigenvalue weighted by atomic mass is 10.2. The van der Waals surface area contributed by atoms with Crippen LogP contribution in [-0.2, 0) is 24.3 Å². The van der Waals surface area contributed by atoms with Gasteiger partial charge in [-0.25, -0.2) is 13.1 Å². The van der Waals surface area contributed by atoms with Crippen molar-refractivity contribution in [3.63, 3.8) is 0 Å². The highest BCUT2D eigenvalue weighted by Crippen LogP contribution is 2.22. The topological polar surface area (TPSA) is 102 Å². The second-order valence-electron chi connectivity index (χ2n) is 6.14. The number of nitrogens with one attached hydrogen (secondary N) is 1. The van der Waals surface area contributed by atoms with Gasteiger partial charge in [0.2, 0.25) is 10.0 Å². The van der Waals surface area contributed by atoms with Gasteiger partial charge in [-0.3, -0.25) is 9.59 Å². The number of sulfonamides is 1. The Labute approximate surface area is 163 Å². The van der Waals surface area contributed by atoms with Gasteiger partial charge in [-0.2, -0.15) is 0 Å². The average molecular weight is 417 g/mol. The van der Waals surface area contributed by atoms with E-state index in [1.165, 1.54) is 50.2 Å². The zero-order valence-electron chi connectivity index (χ0n) is 15.5. The first-order valence-corrected chi connectivity index (χ1v) is 10.9. The molecule has 0 bridgehead atoms. The lowest BCUT2D eigenvalue weighted by Gasteiger charge is -2.31. The fourth-order valence-electron chi connectivity index (χ4n) is 2.68. The fraction of sp³-hybridized carbons (Fsp3) is 0.529. The van der Waals surface area contributed by atoms with Crippen LogP contribution in [0.25, 0.3) is 0 Å². The Morgan fingerprint density at radius 2 is 1.96 bits per heavy atom. The predicted molar refractivity (Wildman–Crippen MR) is 102 cm³/mol. The first kappa shape index (κ1) is 21.7. The van der Waals surface area contributed by atoms with Crippen LogP contribution in [0.15, 0.2) is 29.2 Å². The summed E-state index contributed by atoms with van der Waals surface area (Å²) in [7, 11) is -0.873. The lowest BCUT2D eigenvalue weighted by Crippen LogP contribution is -2.45. The molecular weight excluding hydrogens is 392 g/mol. The van der Waals surface area contributed by atoms with Gasteiger partial charge in [0.1, 0.15) is 5.25 Å². The van der Waals surface area contributed by atoms with Crippen molar-refractivity contribution in [2.24, 2.45) is 0 Å². The maximum atomic E-state index is 12.7. The van der Waals surface area contributed by atoms with Gasteiger partial charge in [0.05, 0.1) is 18.6 Å². The van der Waals surface area contributed by atoms with E-state index in [4.69, 9.17) is 9.47 Å². The number of rotatable bonds is 7. The number of thioether (sulfide) groups is 1. The van der Waals surface area contributed by atoms with E-state index in [2.05, 4.69) is 4.72 Å². The van der Waals surface area contributed by atoms with E-state index in [0.29, 0.717) is 17.9 Å². The molecule has 0 unspecified atom stereocenters. The largest absolute Gasteiger partial charge is 0.468 e. The van der Waals surface area contributed by atoms with Gasteiger partial charge < -0.3 is 14.4 Å². The molecule has 0 aliphatic carbocycles. The summed E-state index contributed by atoms with van der Waals surface area (Å²) in [4.78, 5) is 26.0. The SMILES string of the molecule is COC[C@@H](C)NS(=O)(=O)c1ccc(C(=O)N2CCS[C@H](C(=O)OC)C2)cc1. The summed E-state index contributed by atoms with van der Waals surface area (Å²) in [6.45, 7) is 2.74. The van der Waals surface area contributed by atoms with Crippen LogP contribution in [0.3, 0.4) is 0 Å². The first-order valence-electron chi connectivity index (χ1n) is 8.38. The van der Waals surface area contributed by atoms with Crippen molar-refractivity contribution >= 4 is 33.7 Å². The summed E-state index contributed by atoms with van der Waals surface area (Å²) in [6, 6.07) is 5.37. The number of carbonyl (C=O) groups excluding carboxylic acids is 2. The summed E-state index contributed by atoms with van der Waals surface area (Å²) in [5.74, 6) is 0.0447. The molecule has 1 aromatic rings. The highest BCUT2D eigenvalue weighted by molar-refractivity contribution is 8.00. The zero-order chi connectivity index (χ0) is 20.0. The number of benzene rings is 1. The first-order chi connectivity index (χ1) is 12.8. The van der Waals surface area contributed by atoms with Gasteiger partial charge in [0.25, 0.3) is 5.91 Å². The van der Waals surface area contributed by atoms with E-state index in [0.717, 1.165) is 0 Å². The molecule has 2 rings (SSSR count). The average Bonchev–Trinajstić information content (AvgIpc) is 2.66. The van der Waals surface area contributed by atoms with E-state index in [9.17, 15) is 18.0 Å². The van der Waals surface area contributed by atoms with E-state index in [1.807, 2.05) is 0 Å². The Bertz CT molecular complexity index is 766. The third kappa shape index (κ3) is 5.68. The van der Waals surface area contributed by atoms with E-state index >= 15 is 0 Å². The normalized spacial score (nSPS) is 18.8. The molecule has 1 saturated heterocycles. The Hall–Kier alpha value is -1.62. The molecule has 2 atom stereocenters. The minimum Gasteiger partial charge on any atom is -0.468 e. The predicted octanol–water partition coefficient (Wildman–Crippen LogP) is 0.730. The molecule has 0 spiro atoms. The van der Waals surface area contributed by atoms with Gasteiger partial charge in [0, 0.05) is 37.6 Å². The molecule has 27 heavy (non-hydrogen) atoms. The van der Waals surface area contributed by atoms with Crippen LogP contribution in [0.2, 0.25) is 0 Å². The van der Waals surface area contributed by atoms with E-state index in [1.54, 1.807) is 11.8 Å². The number of hydrogen-bond acceptors (Lipinski definition) is 7. The summed E-state index contributed by atoms with van der Waals surface area (Å²) < 4.78 is 36.8. The van der Waals surface area contributed by atoms with Crippen molar-refractivity contribution in [1.82, 2.24) is 9.62 Å². The number of carbonyl (C=O) groups is 2. The van der Waals surface area contributed by atoms with Gasteiger partial charge >= 0.3 is 5.97 Å². The van der Waals surface area contributed by atoms with Gasteiger partial charge in [-0.1, -0.05) is 0 Å². The molecule has 1 N–H and O–H groups in total. The molecule has 1 amide bonds. The number of hydrogen-bond donors (Lipinski definition) is 1. The maximum absolute atomic E-state index is 12.7. The number of amides is 1. The molecule has 0 saturated carbocycles. The minimum atomic E-state index is -3.69. The van der Waals surface area contributed by atoms with Crippen LogP contribution in [0.5, 0.6) is 0 Å². The summed E-state index contributed by atoms with van der Waals surface area (Å²) >= 11 is 1.46. The molecular formula is C17H24N2O6S2. The fourth-order valence-corrected chi connectivity index (χ4v) is 5.04. The Balaban J connectivity index is 2.08. The van der Waals surface area contributed by atoms with Crippen LogP contribution in [0.4, 0.5) is 0 Å². The van der Waals surface area contributed by atoms with E-state index < -0.39 is 15.3 Å². The molecule has 1 aliphatic rings. The maximum Gasteiger partial charge on any atom is 0.320 e. The van der Waals surface area contributed by atoms with Gasteiger partial charge in [-0.15, -0.1) is 11.8 Å². The van der Waals surface area contributed by atoms with Crippen molar-refractivity contribution in [2.45, 2.75) is 23.1 Å². The van der Waals surface area contributed by atoms with Crippen LogP contribution < -0.4 is 4.72 Å².